The highest BCUT2D eigenvalue weighted by Gasteiger charge is 2.29. The van der Waals surface area contributed by atoms with Gasteiger partial charge in [-0.1, -0.05) is 48.9 Å². The molecule has 1 aliphatic rings. The first-order valence-electron chi connectivity index (χ1n) is 9.53. The van der Waals surface area contributed by atoms with Crippen molar-refractivity contribution in [2.75, 3.05) is 31.1 Å². The van der Waals surface area contributed by atoms with Gasteiger partial charge >= 0.3 is 0 Å². The normalized spacial score (nSPS) is 15.6. The van der Waals surface area contributed by atoms with Crippen LogP contribution in [-0.4, -0.2) is 43.9 Å². The van der Waals surface area contributed by atoms with Gasteiger partial charge < -0.3 is 4.90 Å². The number of hydrogen-bond acceptors (Lipinski definition) is 5. The van der Waals surface area contributed by atoms with Crippen molar-refractivity contribution in [1.82, 2.24) is 9.29 Å². The van der Waals surface area contributed by atoms with Crippen LogP contribution < -0.4 is 4.90 Å². The average Bonchev–Trinajstić information content (AvgIpc) is 3.24. The molecule has 29 heavy (non-hydrogen) atoms. The molecule has 5 nitrogen and oxygen atoms in total. The van der Waals surface area contributed by atoms with Crippen molar-refractivity contribution in [2.45, 2.75) is 18.2 Å². The zero-order valence-electron chi connectivity index (χ0n) is 16.1. The Morgan fingerprint density at radius 2 is 1.79 bits per heavy atom. The molecule has 8 heteroatoms. The van der Waals surface area contributed by atoms with Crippen LogP contribution in [0, 0.1) is 0 Å². The number of rotatable bonds is 5. The number of hydrogen-bond donors (Lipinski definition) is 0. The minimum Gasteiger partial charge on any atom is -0.345 e. The molecule has 3 aromatic rings. The lowest BCUT2D eigenvalue weighted by Gasteiger charge is -2.33. The van der Waals surface area contributed by atoms with Gasteiger partial charge in [0.1, 0.15) is 0 Å². The van der Waals surface area contributed by atoms with Crippen LogP contribution in [-0.2, 0) is 16.4 Å². The smallest absolute Gasteiger partial charge is 0.243 e. The molecule has 0 spiro atoms. The summed E-state index contributed by atoms with van der Waals surface area (Å²) in [5, 5.41) is 3.41. The number of thiazole rings is 1. The molecule has 0 bridgehead atoms. The zero-order chi connectivity index (χ0) is 20.4. The minimum absolute atomic E-state index is 0.241. The highest BCUT2D eigenvalue weighted by Crippen LogP contribution is 2.29. The molecule has 0 atom stereocenters. The van der Waals surface area contributed by atoms with Gasteiger partial charge in [0.25, 0.3) is 0 Å². The van der Waals surface area contributed by atoms with Crippen LogP contribution in [0.3, 0.4) is 0 Å². The second-order valence-electron chi connectivity index (χ2n) is 6.91. The standard InChI is InChI=1S/C21H22ClN3O2S2/c1-2-16-6-8-17(9-7-16)20-15-28-21(23-20)24-10-12-25(13-11-24)29(26,27)19-5-3-4-18(22)14-19/h3-9,14-15H,2,10-13H2,1H3. The van der Waals surface area contributed by atoms with Crippen LogP contribution in [0.2, 0.25) is 5.02 Å². The first-order chi connectivity index (χ1) is 14.0. The third-order valence-electron chi connectivity index (χ3n) is 5.09. The Labute approximate surface area is 180 Å². The van der Waals surface area contributed by atoms with Crippen LogP contribution in [0.1, 0.15) is 12.5 Å². The van der Waals surface area contributed by atoms with Crippen molar-refractivity contribution in [3.05, 3.63) is 64.5 Å². The summed E-state index contributed by atoms with van der Waals surface area (Å²) in [4.78, 5) is 7.17. The van der Waals surface area contributed by atoms with Crippen molar-refractivity contribution >= 4 is 38.1 Å². The monoisotopic (exact) mass is 447 g/mol. The molecule has 4 rings (SSSR count). The second-order valence-corrected chi connectivity index (χ2v) is 10.1. The second kappa shape index (κ2) is 8.44. The van der Waals surface area contributed by atoms with E-state index in [1.165, 1.54) is 15.9 Å². The van der Waals surface area contributed by atoms with E-state index in [0.29, 0.717) is 31.2 Å². The lowest BCUT2D eigenvalue weighted by atomic mass is 10.1. The quantitative estimate of drug-likeness (QED) is 0.576. The molecule has 0 aliphatic carbocycles. The SMILES string of the molecule is CCc1ccc(-c2csc(N3CCN(S(=O)(=O)c4cccc(Cl)c4)CC3)n2)cc1. The molecule has 2 aromatic carbocycles. The summed E-state index contributed by atoms with van der Waals surface area (Å²) in [7, 11) is -3.53. The van der Waals surface area contributed by atoms with E-state index < -0.39 is 10.0 Å². The molecule has 0 radical (unpaired) electrons. The highest BCUT2D eigenvalue weighted by molar-refractivity contribution is 7.89. The molecular weight excluding hydrogens is 426 g/mol. The maximum atomic E-state index is 12.9. The van der Waals surface area contributed by atoms with E-state index in [4.69, 9.17) is 16.6 Å². The maximum absolute atomic E-state index is 12.9. The predicted molar refractivity (Wildman–Crippen MR) is 119 cm³/mol. The van der Waals surface area contributed by atoms with E-state index in [0.717, 1.165) is 22.8 Å². The van der Waals surface area contributed by atoms with Crippen LogP contribution >= 0.6 is 22.9 Å². The van der Waals surface area contributed by atoms with Crippen molar-refractivity contribution in [2.24, 2.45) is 0 Å². The molecule has 0 N–H and O–H groups in total. The zero-order valence-corrected chi connectivity index (χ0v) is 18.5. The average molecular weight is 448 g/mol. The maximum Gasteiger partial charge on any atom is 0.243 e. The number of piperazine rings is 1. The van der Waals surface area contributed by atoms with Gasteiger partial charge in [0.05, 0.1) is 10.6 Å². The molecule has 1 fully saturated rings. The molecule has 1 saturated heterocycles. The Kier molecular flexibility index (Phi) is 5.92. The summed E-state index contributed by atoms with van der Waals surface area (Å²) in [6.45, 7) is 4.22. The van der Waals surface area contributed by atoms with Gasteiger partial charge in [-0.3, -0.25) is 0 Å². The Morgan fingerprint density at radius 3 is 2.45 bits per heavy atom. The summed E-state index contributed by atoms with van der Waals surface area (Å²) in [6.07, 6.45) is 1.02. The molecule has 0 amide bonds. The first kappa shape index (κ1) is 20.3. The van der Waals surface area contributed by atoms with Gasteiger partial charge in [-0.05, 0) is 30.2 Å². The topological polar surface area (TPSA) is 53.5 Å². The Balaban J connectivity index is 1.44. The molecule has 152 valence electrons. The number of aromatic nitrogens is 1. The van der Waals surface area contributed by atoms with Crippen molar-refractivity contribution < 1.29 is 8.42 Å². The Bertz CT molecular complexity index is 1090. The molecule has 1 aliphatic heterocycles. The van der Waals surface area contributed by atoms with Gasteiger partial charge in [0.2, 0.25) is 10.0 Å². The largest absolute Gasteiger partial charge is 0.345 e. The van der Waals surface area contributed by atoms with Crippen LogP contribution in [0.25, 0.3) is 11.3 Å². The molecule has 0 unspecified atom stereocenters. The van der Waals surface area contributed by atoms with Gasteiger partial charge in [-0.2, -0.15) is 4.31 Å². The van der Waals surface area contributed by atoms with Gasteiger partial charge in [-0.25, -0.2) is 13.4 Å². The van der Waals surface area contributed by atoms with E-state index in [9.17, 15) is 8.42 Å². The number of halogens is 1. The van der Waals surface area contributed by atoms with E-state index >= 15 is 0 Å². The fraction of sp³-hybridized carbons (Fsp3) is 0.286. The Morgan fingerprint density at radius 1 is 1.07 bits per heavy atom. The summed E-state index contributed by atoms with van der Waals surface area (Å²) >= 11 is 7.56. The number of anilines is 1. The van der Waals surface area contributed by atoms with Gasteiger partial charge in [0.15, 0.2) is 5.13 Å². The molecule has 1 aromatic heterocycles. The third kappa shape index (κ3) is 4.33. The Hall–Kier alpha value is -1.93. The lowest BCUT2D eigenvalue weighted by molar-refractivity contribution is 0.385. The number of aryl methyl sites for hydroxylation is 1. The number of benzene rings is 2. The fourth-order valence-electron chi connectivity index (χ4n) is 3.35. The fourth-order valence-corrected chi connectivity index (χ4v) is 5.96. The minimum atomic E-state index is -3.53. The van der Waals surface area contributed by atoms with Gasteiger partial charge in [-0.15, -0.1) is 11.3 Å². The van der Waals surface area contributed by atoms with Crippen molar-refractivity contribution in [1.29, 1.82) is 0 Å². The third-order valence-corrected chi connectivity index (χ3v) is 8.12. The molecular formula is C21H22ClN3O2S2. The van der Waals surface area contributed by atoms with Crippen molar-refractivity contribution in [3.8, 4) is 11.3 Å². The van der Waals surface area contributed by atoms with Gasteiger partial charge in [0, 0.05) is 42.1 Å². The predicted octanol–water partition coefficient (Wildman–Crippen LogP) is 4.54. The summed E-state index contributed by atoms with van der Waals surface area (Å²) in [5.41, 5.74) is 3.37. The lowest BCUT2D eigenvalue weighted by Crippen LogP contribution is -2.48. The summed E-state index contributed by atoms with van der Waals surface area (Å²) < 4.78 is 27.2. The van der Waals surface area contributed by atoms with E-state index in [1.807, 2.05) is 0 Å². The van der Waals surface area contributed by atoms with Crippen molar-refractivity contribution in [3.63, 3.8) is 0 Å². The van der Waals surface area contributed by atoms with E-state index in [2.05, 4.69) is 41.5 Å². The van der Waals surface area contributed by atoms with Crippen LogP contribution in [0.4, 0.5) is 5.13 Å². The summed E-state index contributed by atoms with van der Waals surface area (Å²) in [5.74, 6) is 0. The first-order valence-corrected chi connectivity index (χ1v) is 12.2. The molecule has 2 heterocycles. The van der Waals surface area contributed by atoms with E-state index in [-0.39, 0.29) is 4.90 Å². The van der Waals surface area contributed by atoms with Crippen LogP contribution in [0.15, 0.2) is 58.8 Å². The molecule has 0 saturated carbocycles. The summed E-state index contributed by atoms with van der Waals surface area (Å²) in [6, 6.07) is 14.9. The van der Waals surface area contributed by atoms with E-state index in [1.54, 1.807) is 29.5 Å². The number of nitrogens with zero attached hydrogens (tertiary/aromatic N) is 3. The number of sulfonamides is 1. The van der Waals surface area contributed by atoms with Crippen LogP contribution in [0.5, 0.6) is 0 Å². The highest BCUT2D eigenvalue weighted by atomic mass is 35.5.